The maximum Gasteiger partial charge on any atom is 0.142 e. The monoisotopic (exact) mass is 811 g/mol. The molecule has 0 unspecified atom stereocenters. The van der Waals surface area contributed by atoms with Crippen molar-refractivity contribution in [3.8, 4) is 28.3 Å². The Kier molecular flexibility index (Phi) is 11.2. The third-order valence-corrected chi connectivity index (χ3v) is 14.8. The van der Waals surface area contributed by atoms with Gasteiger partial charge in [-0.15, -0.1) is 12.4 Å². The predicted molar refractivity (Wildman–Crippen MR) is 228 cm³/mol. The van der Waals surface area contributed by atoms with Crippen LogP contribution in [0.4, 0.5) is 0 Å². The fourth-order valence-electron chi connectivity index (χ4n) is 7.89. The maximum atomic E-state index is 11.0. The molecule has 2 aliphatic heterocycles. The van der Waals surface area contributed by atoms with Crippen molar-refractivity contribution in [3.63, 3.8) is 0 Å². The number of fused-ring (bicyclic) bond motifs is 2. The number of halogens is 1. The van der Waals surface area contributed by atoms with Crippen LogP contribution in [0.15, 0.2) is 73.8 Å². The highest BCUT2D eigenvalue weighted by Gasteiger charge is 2.60. The molecule has 0 atom stereocenters. The van der Waals surface area contributed by atoms with Crippen LogP contribution >= 0.6 is 12.4 Å². The lowest BCUT2D eigenvalue weighted by Gasteiger charge is -2.55. The highest BCUT2D eigenvalue weighted by Crippen LogP contribution is 2.44. The Labute approximate surface area is 336 Å². The topological polar surface area (TPSA) is 138 Å². The second kappa shape index (κ2) is 15.7. The van der Waals surface area contributed by atoms with Gasteiger partial charge in [0.2, 0.25) is 0 Å². The quantitative estimate of drug-likeness (QED) is 0.0819. The molecule has 6 aromatic heterocycles. The zero-order chi connectivity index (χ0) is 38.4. The molecule has 13 nitrogen and oxygen atoms in total. The summed E-state index contributed by atoms with van der Waals surface area (Å²) in [5, 5.41) is 30.0. The van der Waals surface area contributed by atoms with Gasteiger partial charge >= 0.3 is 0 Å². The first-order valence-electron chi connectivity index (χ1n) is 19.4. The highest BCUT2D eigenvalue weighted by molar-refractivity contribution is 6.76. The second-order valence-electron chi connectivity index (χ2n) is 17.8. The minimum absolute atomic E-state index is 0. The molecule has 56 heavy (non-hydrogen) atoms. The smallest absolute Gasteiger partial charge is 0.142 e. The molecular weight excluding hydrogens is 758 g/mol. The lowest BCUT2D eigenvalue weighted by atomic mass is 9.66. The maximum absolute atomic E-state index is 11.0. The van der Waals surface area contributed by atoms with Gasteiger partial charge in [0.25, 0.3) is 0 Å². The Morgan fingerprint density at radius 2 is 1.14 bits per heavy atom. The second-order valence-corrected chi connectivity index (χ2v) is 29.0. The Hall–Kier alpha value is -4.15. The van der Waals surface area contributed by atoms with Gasteiger partial charge in [-0.05, 0) is 47.5 Å². The summed E-state index contributed by atoms with van der Waals surface area (Å²) < 4.78 is 20.3. The normalized spacial score (nSPS) is 16.5. The summed E-state index contributed by atoms with van der Waals surface area (Å²) in [5.41, 5.74) is 4.75. The fourth-order valence-corrected chi connectivity index (χ4v) is 9.40. The van der Waals surface area contributed by atoms with Crippen molar-refractivity contribution in [2.75, 3.05) is 39.4 Å². The summed E-state index contributed by atoms with van der Waals surface area (Å²) in [6.07, 6.45) is 15.8. The van der Waals surface area contributed by atoms with Crippen molar-refractivity contribution in [2.24, 2.45) is 5.92 Å². The summed E-state index contributed by atoms with van der Waals surface area (Å²) in [6, 6.07) is 13.3. The highest BCUT2D eigenvalue weighted by atomic mass is 35.5. The van der Waals surface area contributed by atoms with E-state index in [1.54, 1.807) is 0 Å². The first kappa shape index (κ1) is 40.1. The average molecular weight is 813 g/mol. The Morgan fingerprint density at radius 3 is 1.50 bits per heavy atom. The number of rotatable bonds is 16. The molecule has 0 amide bonds. The van der Waals surface area contributed by atoms with E-state index in [-0.39, 0.29) is 12.4 Å². The number of aromatic nitrogens is 8. The van der Waals surface area contributed by atoms with Crippen LogP contribution in [0.25, 0.3) is 44.3 Å². The van der Waals surface area contributed by atoms with Crippen LogP contribution in [0.5, 0.6) is 0 Å². The molecule has 2 fully saturated rings. The summed E-state index contributed by atoms with van der Waals surface area (Å²) in [6.45, 7) is 19.2. The van der Waals surface area contributed by atoms with Crippen molar-refractivity contribution in [1.29, 1.82) is 5.26 Å². The van der Waals surface area contributed by atoms with Crippen LogP contribution in [0.3, 0.4) is 0 Å². The molecule has 0 saturated carbocycles. The van der Waals surface area contributed by atoms with Crippen LogP contribution in [-0.2, 0) is 34.0 Å². The van der Waals surface area contributed by atoms with Gasteiger partial charge in [-0.2, -0.15) is 15.5 Å². The molecule has 8 heterocycles. The Balaban J connectivity index is 0.00000480. The molecule has 0 spiro atoms. The van der Waals surface area contributed by atoms with Crippen LogP contribution in [0, 0.1) is 17.2 Å². The molecule has 8 rings (SSSR count). The third-order valence-electron chi connectivity index (χ3n) is 11.4. The zero-order valence-corrected chi connectivity index (χ0v) is 36.1. The molecule has 0 aliphatic carbocycles. The van der Waals surface area contributed by atoms with Crippen molar-refractivity contribution in [3.05, 3.63) is 73.8 Å². The third kappa shape index (κ3) is 7.51. The Bertz CT molecular complexity index is 2180. The van der Waals surface area contributed by atoms with Crippen LogP contribution in [-0.4, -0.2) is 94.2 Å². The molecule has 16 heteroatoms. The van der Waals surface area contributed by atoms with Crippen molar-refractivity contribution < 1.29 is 9.47 Å². The summed E-state index contributed by atoms with van der Waals surface area (Å²) in [7, 11) is -2.33. The molecule has 6 aromatic rings. The van der Waals surface area contributed by atoms with E-state index in [0.717, 1.165) is 69.6 Å². The van der Waals surface area contributed by atoms with Gasteiger partial charge in [0.15, 0.2) is 0 Å². The zero-order valence-electron chi connectivity index (χ0n) is 33.3. The van der Waals surface area contributed by atoms with Crippen molar-refractivity contribution in [2.45, 2.75) is 75.9 Å². The van der Waals surface area contributed by atoms with E-state index in [1.165, 1.54) is 0 Å². The van der Waals surface area contributed by atoms with Crippen LogP contribution in [0.2, 0.25) is 51.4 Å². The van der Waals surface area contributed by atoms with Gasteiger partial charge in [0.1, 0.15) is 41.8 Å². The molecule has 0 radical (unpaired) electrons. The van der Waals surface area contributed by atoms with E-state index >= 15 is 0 Å². The molecule has 2 saturated heterocycles. The standard InChI is InChI=1S/C40H53N11O2Si2.ClH/c1-54(2,3)17-15-52-28-48-13-9-34-32(7-11-44-37(34)48)30-20-46-50(22-30)39(24-42-25-39)36(19-41)40(26-43-27-40)51-23-31(21-47-51)33-8-12-45-38-35(33)10-14-49(38)29-53-16-18-55(4,5)6;/h7-14,20-23,36,42-43H,15-18,24-29H2,1-6H3;1H. The minimum atomic E-state index is -1.17. The molecule has 2 aliphatic rings. The number of nitriles is 1. The first-order chi connectivity index (χ1) is 26.4. The molecular formula is C40H54ClN11O2Si2. The lowest BCUT2D eigenvalue weighted by Crippen LogP contribution is -2.75. The van der Waals surface area contributed by atoms with Crippen molar-refractivity contribution in [1.82, 2.24) is 49.3 Å². The number of pyridine rings is 2. The average Bonchev–Trinajstić information content (AvgIpc) is 3.93. The van der Waals surface area contributed by atoms with E-state index in [1.807, 2.05) is 58.7 Å². The lowest BCUT2D eigenvalue weighted by molar-refractivity contribution is -0.0132. The number of hydrogen-bond acceptors (Lipinski definition) is 9. The number of nitrogens with zero attached hydrogens (tertiary/aromatic N) is 9. The summed E-state index contributed by atoms with van der Waals surface area (Å²) in [5.74, 6) is -0.415. The summed E-state index contributed by atoms with van der Waals surface area (Å²) >= 11 is 0. The SMILES string of the molecule is C[Si](C)(C)CCOCn1ccc2c(-c3cnn(C4(C(C#N)C5(n6cc(-c7ccnc8c7ccn8COCC[Si](C)(C)C)cn6)CNC5)CNC4)c3)ccnc21.Cl. The van der Waals surface area contributed by atoms with Gasteiger partial charge in [0, 0.05) is 115 Å². The Morgan fingerprint density at radius 1 is 0.714 bits per heavy atom. The predicted octanol–water partition coefficient (Wildman–Crippen LogP) is 6.60. The minimum Gasteiger partial charge on any atom is -0.361 e. The fraction of sp³-hybridized carbons (Fsp3) is 0.475. The van der Waals surface area contributed by atoms with E-state index in [0.29, 0.717) is 39.6 Å². The van der Waals surface area contributed by atoms with Crippen molar-refractivity contribution >= 4 is 50.6 Å². The van der Waals surface area contributed by atoms with E-state index in [2.05, 4.69) is 89.6 Å². The first-order valence-corrected chi connectivity index (χ1v) is 26.8. The van der Waals surface area contributed by atoms with Gasteiger partial charge in [-0.1, -0.05) is 39.3 Å². The van der Waals surface area contributed by atoms with Gasteiger partial charge in [0.05, 0.1) is 18.5 Å². The molecule has 0 bridgehead atoms. The summed E-state index contributed by atoms with van der Waals surface area (Å²) in [4.78, 5) is 9.43. The molecule has 296 valence electrons. The van der Waals surface area contributed by atoms with Gasteiger partial charge in [-0.25, -0.2) is 9.97 Å². The number of hydrogen-bond donors (Lipinski definition) is 2. The largest absolute Gasteiger partial charge is 0.361 e. The number of ether oxygens (including phenoxy) is 2. The van der Waals surface area contributed by atoms with Crippen LogP contribution < -0.4 is 10.6 Å². The number of nitrogens with one attached hydrogen (secondary N) is 2. The van der Waals surface area contributed by atoms with Gasteiger partial charge in [-0.3, -0.25) is 9.36 Å². The van der Waals surface area contributed by atoms with E-state index < -0.39 is 33.1 Å². The molecule has 2 N–H and O–H groups in total. The van der Waals surface area contributed by atoms with E-state index in [4.69, 9.17) is 29.6 Å². The van der Waals surface area contributed by atoms with Gasteiger partial charge < -0.3 is 29.2 Å². The van der Waals surface area contributed by atoms with E-state index in [9.17, 15) is 5.26 Å². The molecule has 0 aromatic carbocycles. The van der Waals surface area contributed by atoms with Crippen LogP contribution in [0.1, 0.15) is 0 Å².